The number of hydrogen-bond donors (Lipinski definition) is 0. The lowest BCUT2D eigenvalue weighted by Gasteiger charge is -2.33. The average molecular weight is 729 g/mol. The highest BCUT2D eigenvalue weighted by molar-refractivity contribution is 5.88. The Morgan fingerprint density at radius 2 is 0.982 bits per heavy atom. The Morgan fingerprint density at radius 3 is 1.45 bits per heavy atom. The maximum absolute atomic E-state index is 6.44. The van der Waals surface area contributed by atoms with Crippen LogP contribution in [0.25, 0.3) is 50.6 Å². The van der Waals surface area contributed by atoms with Crippen LogP contribution < -0.4 is 4.74 Å². The number of benzene rings is 5. The highest BCUT2D eigenvalue weighted by Crippen LogP contribution is 2.57. The van der Waals surface area contributed by atoms with Crippen LogP contribution in [0.1, 0.15) is 146 Å². The van der Waals surface area contributed by atoms with Gasteiger partial charge in [-0.15, -0.1) is 0 Å². The Kier molecular flexibility index (Phi) is 11.9. The quantitative estimate of drug-likeness (QED) is 0.0873. The number of rotatable bonds is 18. The highest BCUT2D eigenvalue weighted by atomic mass is 16.5. The van der Waals surface area contributed by atoms with Gasteiger partial charge in [0.1, 0.15) is 5.75 Å². The van der Waals surface area contributed by atoms with E-state index < -0.39 is 0 Å². The van der Waals surface area contributed by atoms with Gasteiger partial charge in [0.15, 0.2) is 0 Å². The molecule has 2 aliphatic carbocycles. The molecule has 1 unspecified atom stereocenters. The van der Waals surface area contributed by atoms with Crippen molar-refractivity contribution in [1.82, 2.24) is 0 Å². The van der Waals surface area contributed by atoms with E-state index in [9.17, 15) is 0 Å². The van der Waals surface area contributed by atoms with Gasteiger partial charge in [0.2, 0.25) is 0 Å². The van der Waals surface area contributed by atoms with Gasteiger partial charge in [0.05, 0.1) is 6.61 Å². The van der Waals surface area contributed by atoms with Crippen LogP contribution >= 0.6 is 0 Å². The van der Waals surface area contributed by atoms with Gasteiger partial charge < -0.3 is 4.74 Å². The van der Waals surface area contributed by atoms with Gasteiger partial charge in [-0.2, -0.15) is 0 Å². The van der Waals surface area contributed by atoms with Gasteiger partial charge in [-0.3, -0.25) is 0 Å². The van der Waals surface area contributed by atoms with Crippen molar-refractivity contribution in [3.8, 4) is 50.3 Å². The smallest absolute Gasteiger partial charge is 0.126 e. The zero-order chi connectivity index (χ0) is 38.6. The summed E-state index contributed by atoms with van der Waals surface area (Å²) in [7, 11) is 0. The lowest BCUT2D eigenvalue weighted by atomic mass is 9.70. The minimum atomic E-state index is -0.0146. The summed E-state index contributed by atoms with van der Waals surface area (Å²) in [4.78, 5) is 0. The maximum atomic E-state index is 6.44. The van der Waals surface area contributed by atoms with Crippen LogP contribution in [0.15, 0.2) is 104 Å². The zero-order valence-electron chi connectivity index (χ0n) is 34.7. The number of fused-ring (bicyclic) bond motifs is 6. The molecule has 286 valence electrons. The minimum absolute atomic E-state index is 0.0146. The summed E-state index contributed by atoms with van der Waals surface area (Å²) in [6.45, 7) is 18.9. The molecule has 7 rings (SSSR count). The second kappa shape index (κ2) is 16.8. The van der Waals surface area contributed by atoms with Gasteiger partial charge in [-0.05, 0) is 135 Å². The summed E-state index contributed by atoms with van der Waals surface area (Å²) < 4.78 is 6.44. The van der Waals surface area contributed by atoms with E-state index in [1.165, 1.54) is 112 Å². The van der Waals surface area contributed by atoms with Crippen molar-refractivity contribution < 1.29 is 4.74 Å². The second-order valence-corrected chi connectivity index (χ2v) is 16.7. The summed E-state index contributed by atoms with van der Waals surface area (Å²) in [5.41, 5.74) is 18.1. The van der Waals surface area contributed by atoms with Gasteiger partial charge in [-0.1, -0.05) is 166 Å². The van der Waals surface area contributed by atoms with E-state index in [-0.39, 0.29) is 10.8 Å². The summed E-state index contributed by atoms with van der Waals surface area (Å²) in [6.07, 6.45) is 16.1. The molecule has 55 heavy (non-hydrogen) atoms. The molecule has 1 atom stereocenters. The Labute approximate surface area is 333 Å². The first kappa shape index (κ1) is 38.9. The molecule has 0 aliphatic heterocycles. The normalized spacial score (nSPS) is 14.9. The fourth-order valence-electron chi connectivity index (χ4n) is 10.6. The Balaban J connectivity index is 1.27. The van der Waals surface area contributed by atoms with Crippen molar-refractivity contribution in [2.45, 2.75) is 129 Å². The van der Waals surface area contributed by atoms with Crippen molar-refractivity contribution in [1.29, 1.82) is 0 Å². The van der Waals surface area contributed by atoms with Crippen LogP contribution in [0.5, 0.6) is 5.75 Å². The molecule has 2 aliphatic rings. The third-order valence-electron chi connectivity index (χ3n) is 13.2. The third-order valence-corrected chi connectivity index (χ3v) is 13.2. The van der Waals surface area contributed by atoms with Crippen molar-refractivity contribution in [2.75, 3.05) is 6.61 Å². The Morgan fingerprint density at radius 1 is 0.527 bits per heavy atom. The number of ether oxygens (including phenoxy) is 1. The molecule has 0 heterocycles. The Bertz CT molecular complexity index is 2120. The van der Waals surface area contributed by atoms with Crippen LogP contribution in [-0.4, -0.2) is 6.61 Å². The van der Waals surface area contributed by atoms with Gasteiger partial charge in [-0.25, -0.2) is 0 Å². The van der Waals surface area contributed by atoms with Crippen LogP contribution in [0.3, 0.4) is 0 Å². The summed E-state index contributed by atoms with van der Waals surface area (Å²) in [6, 6.07) is 38.0. The molecule has 5 aromatic rings. The first-order chi connectivity index (χ1) is 26.9. The number of hydrogen-bond acceptors (Lipinski definition) is 1. The monoisotopic (exact) mass is 728 g/mol. The molecule has 0 bridgehead atoms. The predicted octanol–water partition coefficient (Wildman–Crippen LogP) is 16.0. The van der Waals surface area contributed by atoms with Crippen LogP contribution in [0.4, 0.5) is 0 Å². The number of unbranched alkanes of at least 4 members (excludes halogenated alkanes) is 1. The van der Waals surface area contributed by atoms with Crippen molar-refractivity contribution in [2.24, 2.45) is 5.92 Å². The van der Waals surface area contributed by atoms with E-state index in [0.717, 1.165) is 50.0 Å². The molecule has 0 amide bonds. The second-order valence-electron chi connectivity index (χ2n) is 16.7. The lowest BCUT2D eigenvalue weighted by Crippen LogP contribution is -2.25. The van der Waals surface area contributed by atoms with E-state index in [1.807, 2.05) is 6.08 Å². The van der Waals surface area contributed by atoms with Crippen LogP contribution in [-0.2, 0) is 10.8 Å². The summed E-state index contributed by atoms with van der Waals surface area (Å²) in [5, 5.41) is 0. The van der Waals surface area contributed by atoms with Crippen molar-refractivity contribution >= 4 is 6.08 Å². The van der Waals surface area contributed by atoms with E-state index in [0.29, 0.717) is 5.92 Å². The summed E-state index contributed by atoms with van der Waals surface area (Å²) in [5.74, 6) is 1.54. The van der Waals surface area contributed by atoms with Gasteiger partial charge in [0.25, 0.3) is 0 Å². The molecule has 0 N–H and O–H groups in total. The third kappa shape index (κ3) is 6.92. The lowest BCUT2D eigenvalue weighted by molar-refractivity contribution is 0.233. The molecule has 0 saturated heterocycles. The molecule has 0 saturated carbocycles. The molecule has 0 fully saturated rings. The fraction of sp³-hybridized carbons (Fsp3) is 0.407. The van der Waals surface area contributed by atoms with E-state index in [1.54, 1.807) is 0 Å². The topological polar surface area (TPSA) is 9.23 Å². The molecular weight excluding hydrogens is 665 g/mol. The largest absolute Gasteiger partial charge is 0.493 e. The molecule has 0 radical (unpaired) electrons. The van der Waals surface area contributed by atoms with Crippen LogP contribution in [0.2, 0.25) is 0 Å². The Hall–Kier alpha value is -4.36. The fourth-order valence-corrected chi connectivity index (χ4v) is 10.6. The summed E-state index contributed by atoms with van der Waals surface area (Å²) >= 11 is 0. The average Bonchev–Trinajstić information content (AvgIpc) is 3.64. The predicted molar refractivity (Wildman–Crippen MR) is 238 cm³/mol. The van der Waals surface area contributed by atoms with E-state index >= 15 is 0 Å². The molecule has 5 aromatic carbocycles. The first-order valence-electron chi connectivity index (χ1n) is 21.9. The molecule has 1 nitrogen and oxygen atoms in total. The van der Waals surface area contributed by atoms with Crippen LogP contribution in [0, 0.1) is 5.92 Å². The van der Waals surface area contributed by atoms with E-state index in [4.69, 9.17) is 4.74 Å². The van der Waals surface area contributed by atoms with Gasteiger partial charge >= 0.3 is 0 Å². The van der Waals surface area contributed by atoms with Crippen molar-refractivity contribution in [3.05, 3.63) is 131 Å². The zero-order valence-corrected chi connectivity index (χ0v) is 34.7. The minimum Gasteiger partial charge on any atom is -0.493 e. The maximum Gasteiger partial charge on any atom is 0.126 e. The SMILES string of the molecule is C=Cc1cc(-c2ccc3c(c2)C(CCC)(CCC)c2cc(-c4ccc5c(c4)C(CCC)(CCC)c4ccccc4-5)ccc2-3)ccc1OCC(CC)CCCC. The first-order valence-corrected chi connectivity index (χ1v) is 21.9. The molecular formula is C54H64O. The highest BCUT2D eigenvalue weighted by Gasteiger charge is 2.43. The molecule has 0 aromatic heterocycles. The van der Waals surface area contributed by atoms with Gasteiger partial charge in [0, 0.05) is 16.4 Å². The standard InChI is InChI=1S/C54H64O/c1-8-15-18-38(13-6)37-55-52-28-24-40(33-39(52)14-7)41-21-26-46-47-27-23-43(36-51(47)54(31-11-4,32-12-5)50(46)34-41)42-22-25-45-44-19-16-17-20-48(44)53(29-9-2,30-10-3)49(45)35-42/h14,16-17,19-28,33-36,38H,7-13,15,18,29-32,37H2,1-6H3. The molecule has 0 spiro atoms. The van der Waals surface area contributed by atoms with E-state index in [2.05, 4.69) is 145 Å². The molecule has 1 heteroatoms. The van der Waals surface area contributed by atoms with Crippen molar-refractivity contribution in [3.63, 3.8) is 0 Å².